The number of halogens is 3. The molecular formula is C15H17BrCl2N2. The van der Waals surface area contributed by atoms with Crippen LogP contribution in [0, 0.1) is 0 Å². The third-order valence-corrected chi connectivity index (χ3v) is 3.84. The summed E-state index contributed by atoms with van der Waals surface area (Å²) in [4.78, 5) is 4.22. The Hall–Kier alpha value is -0.610. The first-order chi connectivity index (χ1) is 9.06. The molecule has 2 atom stereocenters. The third kappa shape index (κ3) is 4.74. The van der Waals surface area contributed by atoms with Crippen molar-refractivity contribution in [3.63, 3.8) is 0 Å². The summed E-state index contributed by atoms with van der Waals surface area (Å²) >= 11 is 9.36. The molecule has 1 aromatic carbocycles. The Morgan fingerprint density at radius 2 is 1.90 bits per heavy atom. The summed E-state index contributed by atoms with van der Waals surface area (Å²) in [6, 6.07) is 10.1. The number of hydrogen-bond acceptors (Lipinski definition) is 2. The average molecular weight is 376 g/mol. The van der Waals surface area contributed by atoms with Crippen LogP contribution in [0.4, 0.5) is 0 Å². The minimum atomic E-state index is 0. The summed E-state index contributed by atoms with van der Waals surface area (Å²) in [7, 11) is 0. The van der Waals surface area contributed by atoms with Crippen LogP contribution in [0.25, 0.3) is 0 Å². The minimum absolute atomic E-state index is 0. The van der Waals surface area contributed by atoms with Crippen LogP contribution in [0.5, 0.6) is 0 Å². The van der Waals surface area contributed by atoms with E-state index in [1.807, 2.05) is 37.4 Å². The number of hydrogen-bond donors (Lipinski definition) is 1. The van der Waals surface area contributed by atoms with E-state index in [1.165, 1.54) is 5.56 Å². The van der Waals surface area contributed by atoms with Crippen LogP contribution < -0.4 is 5.73 Å². The van der Waals surface area contributed by atoms with E-state index in [9.17, 15) is 0 Å². The first kappa shape index (κ1) is 17.4. The molecule has 0 saturated carbocycles. The Morgan fingerprint density at radius 3 is 2.45 bits per heavy atom. The van der Waals surface area contributed by atoms with E-state index in [0.29, 0.717) is 0 Å². The van der Waals surface area contributed by atoms with Crippen molar-refractivity contribution in [2.45, 2.75) is 25.3 Å². The number of pyridine rings is 1. The average Bonchev–Trinajstić information content (AvgIpc) is 2.37. The molecule has 0 spiro atoms. The van der Waals surface area contributed by atoms with Crippen LogP contribution in [-0.4, -0.2) is 11.0 Å². The molecule has 0 bridgehead atoms. The van der Waals surface area contributed by atoms with Gasteiger partial charge in [0.05, 0.1) is 0 Å². The van der Waals surface area contributed by atoms with E-state index in [4.69, 9.17) is 17.3 Å². The fraction of sp³-hybridized carbons (Fsp3) is 0.267. The lowest BCUT2D eigenvalue weighted by atomic mass is 9.88. The fourth-order valence-electron chi connectivity index (χ4n) is 2.11. The van der Waals surface area contributed by atoms with Crippen molar-refractivity contribution in [2.24, 2.45) is 5.73 Å². The molecule has 2 unspecified atom stereocenters. The van der Waals surface area contributed by atoms with Crippen LogP contribution >= 0.6 is 39.9 Å². The highest BCUT2D eigenvalue weighted by Crippen LogP contribution is 2.25. The molecule has 0 aliphatic rings. The SMILES string of the molecule is CC(N)C(Cc1ccc(Cl)cc1)c1cncc(Br)c1.Cl. The van der Waals surface area contributed by atoms with Gasteiger partial charge >= 0.3 is 0 Å². The van der Waals surface area contributed by atoms with Crippen molar-refractivity contribution < 1.29 is 0 Å². The molecule has 0 saturated heterocycles. The number of nitrogens with zero attached hydrogens (tertiary/aromatic N) is 1. The van der Waals surface area contributed by atoms with Crippen LogP contribution in [0.15, 0.2) is 47.2 Å². The maximum Gasteiger partial charge on any atom is 0.0410 e. The zero-order valence-corrected chi connectivity index (χ0v) is 14.3. The zero-order valence-electron chi connectivity index (χ0n) is 11.1. The summed E-state index contributed by atoms with van der Waals surface area (Å²) in [5, 5.41) is 0.755. The fourth-order valence-corrected chi connectivity index (χ4v) is 2.62. The van der Waals surface area contributed by atoms with Crippen molar-refractivity contribution in [3.8, 4) is 0 Å². The molecule has 2 nitrogen and oxygen atoms in total. The van der Waals surface area contributed by atoms with Gasteiger partial charge in [0.15, 0.2) is 0 Å². The Labute approximate surface area is 139 Å². The van der Waals surface area contributed by atoms with Crippen LogP contribution in [0.1, 0.15) is 24.0 Å². The molecule has 108 valence electrons. The number of aromatic nitrogens is 1. The van der Waals surface area contributed by atoms with Gasteiger partial charge in [-0.3, -0.25) is 4.98 Å². The van der Waals surface area contributed by atoms with Gasteiger partial charge in [-0.15, -0.1) is 12.4 Å². The van der Waals surface area contributed by atoms with Crippen molar-refractivity contribution >= 4 is 39.9 Å². The molecule has 1 aromatic heterocycles. The van der Waals surface area contributed by atoms with Crippen LogP contribution in [0.2, 0.25) is 5.02 Å². The molecule has 0 fully saturated rings. The first-order valence-corrected chi connectivity index (χ1v) is 7.34. The third-order valence-electron chi connectivity index (χ3n) is 3.16. The largest absolute Gasteiger partial charge is 0.327 e. The van der Waals surface area contributed by atoms with Gasteiger partial charge in [0, 0.05) is 33.8 Å². The van der Waals surface area contributed by atoms with E-state index in [0.717, 1.165) is 21.5 Å². The van der Waals surface area contributed by atoms with Crippen molar-refractivity contribution in [1.82, 2.24) is 4.98 Å². The van der Waals surface area contributed by atoms with Gasteiger partial charge in [-0.05, 0) is 58.6 Å². The summed E-state index contributed by atoms with van der Waals surface area (Å²) in [6.07, 6.45) is 4.55. The van der Waals surface area contributed by atoms with Gasteiger partial charge in [-0.1, -0.05) is 23.7 Å². The predicted octanol–water partition coefficient (Wildman–Crippen LogP) is 4.59. The Bertz CT molecular complexity index is 544. The molecule has 2 rings (SSSR count). The lowest BCUT2D eigenvalue weighted by molar-refractivity contribution is 0.563. The summed E-state index contributed by atoms with van der Waals surface area (Å²) < 4.78 is 0.978. The molecule has 2 N–H and O–H groups in total. The van der Waals surface area contributed by atoms with Gasteiger partial charge in [0.2, 0.25) is 0 Å². The summed E-state index contributed by atoms with van der Waals surface area (Å²) in [5.74, 6) is 0.242. The Kier molecular flexibility index (Phi) is 6.96. The maximum absolute atomic E-state index is 6.13. The standard InChI is InChI=1S/C15H16BrClN2.ClH/c1-10(18)15(12-7-13(16)9-19-8-12)6-11-2-4-14(17)5-3-11;/h2-5,7-10,15H,6,18H2,1H3;1H. The topological polar surface area (TPSA) is 38.9 Å². The van der Waals surface area contributed by atoms with E-state index in [-0.39, 0.29) is 24.4 Å². The lowest BCUT2D eigenvalue weighted by Gasteiger charge is -2.21. The summed E-state index contributed by atoms with van der Waals surface area (Å²) in [6.45, 7) is 2.03. The van der Waals surface area contributed by atoms with Crippen molar-refractivity contribution in [2.75, 3.05) is 0 Å². The van der Waals surface area contributed by atoms with Crippen LogP contribution in [0.3, 0.4) is 0 Å². The van der Waals surface area contributed by atoms with Crippen LogP contribution in [-0.2, 0) is 6.42 Å². The van der Waals surface area contributed by atoms with E-state index in [1.54, 1.807) is 6.20 Å². The summed E-state index contributed by atoms with van der Waals surface area (Å²) in [5.41, 5.74) is 8.51. The molecule has 5 heteroatoms. The Morgan fingerprint density at radius 1 is 1.25 bits per heavy atom. The van der Waals surface area contributed by atoms with Crippen molar-refractivity contribution in [3.05, 3.63) is 63.3 Å². The van der Waals surface area contributed by atoms with Gasteiger partial charge in [0.25, 0.3) is 0 Å². The molecule has 1 heterocycles. The maximum atomic E-state index is 6.13. The second-order valence-corrected chi connectivity index (χ2v) is 6.08. The van der Waals surface area contributed by atoms with Gasteiger partial charge in [0.1, 0.15) is 0 Å². The van der Waals surface area contributed by atoms with E-state index < -0.39 is 0 Å². The number of rotatable bonds is 4. The first-order valence-electron chi connectivity index (χ1n) is 6.16. The molecule has 20 heavy (non-hydrogen) atoms. The van der Waals surface area contributed by atoms with E-state index >= 15 is 0 Å². The smallest absolute Gasteiger partial charge is 0.0410 e. The van der Waals surface area contributed by atoms with Gasteiger partial charge < -0.3 is 5.73 Å². The highest BCUT2D eigenvalue weighted by Gasteiger charge is 2.17. The highest BCUT2D eigenvalue weighted by atomic mass is 79.9. The van der Waals surface area contributed by atoms with E-state index in [2.05, 4.69) is 27.0 Å². The predicted molar refractivity (Wildman–Crippen MR) is 90.7 cm³/mol. The highest BCUT2D eigenvalue weighted by molar-refractivity contribution is 9.10. The monoisotopic (exact) mass is 374 g/mol. The normalized spacial score (nSPS) is 13.4. The molecule has 0 radical (unpaired) electrons. The minimum Gasteiger partial charge on any atom is -0.327 e. The number of benzene rings is 1. The number of nitrogens with two attached hydrogens (primary N) is 1. The quantitative estimate of drug-likeness (QED) is 0.848. The van der Waals surface area contributed by atoms with Gasteiger partial charge in [-0.2, -0.15) is 0 Å². The second kappa shape index (κ2) is 7.99. The molecule has 0 aliphatic carbocycles. The van der Waals surface area contributed by atoms with Gasteiger partial charge in [-0.25, -0.2) is 0 Å². The lowest BCUT2D eigenvalue weighted by Crippen LogP contribution is -2.26. The van der Waals surface area contributed by atoms with Crippen molar-refractivity contribution in [1.29, 1.82) is 0 Å². The second-order valence-electron chi connectivity index (χ2n) is 4.73. The molecular weight excluding hydrogens is 359 g/mol. The Balaban J connectivity index is 0.00000200. The zero-order chi connectivity index (χ0) is 13.8. The molecule has 2 aromatic rings. The molecule has 0 amide bonds. The molecule has 0 aliphatic heterocycles.